The Bertz CT molecular complexity index is 580. The van der Waals surface area contributed by atoms with Crippen LogP contribution in [0.4, 0.5) is 13.2 Å². The molecule has 21 heavy (non-hydrogen) atoms. The molecule has 0 aliphatic carbocycles. The van der Waals surface area contributed by atoms with Crippen LogP contribution in [0, 0.1) is 0 Å². The Labute approximate surface area is 120 Å². The van der Waals surface area contributed by atoms with E-state index in [1.54, 1.807) is 17.0 Å². The van der Waals surface area contributed by atoms with Crippen molar-refractivity contribution in [3.8, 4) is 0 Å². The number of fused-ring (bicyclic) bond motifs is 1. The third-order valence-electron chi connectivity index (χ3n) is 2.95. The minimum atomic E-state index is -4.32. The van der Waals surface area contributed by atoms with Crippen LogP contribution in [0.5, 0.6) is 0 Å². The van der Waals surface area contributed by atoms with Gasteiger partial charge in [0, 0.05) is 24.3 Å². The lowest BCUT2D eigenvalue weighted by molar-refractivity contribution is -0.181. The van der Waals surface area contributed by atoms with Crippen LogP contribution in [0.2, 0.25) is 0 Å². The first kappa shape index (κ1) is 15.8. The Hall–Kier alpha value is -1.60. The number of ether oxygens (including phenoxy) is 1. The molecule has 0 saturated carbocycles. The van der Waals surface area contributed by atoms with Crippen LogP contribution in [0.15, 0.2) is 24.5 Å². The van der Waals surface area contributed by atoms with Crippen molar-refractivity contribution in [2.75, 3.05) is 13.2 Å². The zero-order chi connectivity index (χ0) is 15.3. The molecule has 0 amide bonds. The van der Waals surface area contributed by atoms with E-state index in [9.17, 15) is 13.2 Å². The summed E-state index contributed by atoms with van der Waals surface area (Å²) in [4.78, 5) is 4.22. The summed E-state index contributed by atoms with van der Waals surface area (Å²) in [5.74, 6) is 0. The molecular formula is C14H18F3N3O. The Morgan fingerprint density at radius 1 is 1.38 bits per heavy atom. The van der Waals surface area contributed by atoms with Crippen LogP contribution in [-0.2, 0) is 18.0 Å². The fourth-order valence-corrected chi connectivity index (χ4v) is 2.09. The summed E-state index contributed by atoms with van der Waals surface area (Å²) in [5.41, 5.74) is 1.63. The highest BCUT2D eigenvalue weighted by Gasteiger charge is 2.27. The van der Waals surface area contributed by atoms with Crippen LogP contribution in [0.1, 0.15) is 18.9 Å². The normalized spacial score (nSPS) is 12.2. The molecule has 4 nitrogen and oxygen atoms in total. The molecule has 2 aromatic heterocycles. The molecule has 0 saturated heterocycles. The molecule has 0 bridgehead atoms. The molecule has 0 aromatic carbocycles. The maximum Gasteiger partial charge on any atom is 0.411 e. The van der Waals surface area contributed by atoms with Crippen molar-refractivity contribution >= 4 is 11.0 Å². The number of halogens is 3. The molecule has 116 valence electrons. The van der Waals surface area contributed by atoms with Crippen molar-refractivity contribution in [3.63, 3.8) is 0 Å². The lowest BCUT2D eigenvalue weighted by atomic mass is 10.2. The molecule has 0 aliphatic heterocycles. The van der Waals surface area contributed by atoms with Crippen molar-refractivity contribution in [1.29, 1.82) is 0 Å². The van der Waals surface area contributed by atoms with E-state index >= 15 is 0 Å². The first-order valence-corrected chi connectivity index (χ1v) is 6.79. The summed E-state index contributed by atoms with van der Waals surface area (Å²) in [6.07, 6.45) is 0.107. The van der Waals surface area contributed by atoms with Gasteiger partial charge in [0.25, 0.3) is 0 Å². The van der Waals surface area contributed by atoms with Crippen molar-refractivity contribution in [3.05, 3.63) is 30.1 Å². The summed E-state index contributed by atoms with van der Waals surface area (Å²) < 4.78 is 42.7. The van der Waals surface area contributed by atoms with Gasteiger partial charge in [-0.3, -0.25) is 0 Å². The number of hydrogen-bond acceptors (Lipinski definition) is 3. The van der Waals surface area contributed by atoms with Crippen molar-refractivity contribution in [1.82, 2.24) is 14.9 Å². The van der Waals surface area contributed by atoms with E-state index in [0.29, 0.717) is 12.2 Å². The average molecular weight is 301 g/mol. The summed E-state index contributed by atoms with van der Waals surface area (Å²) >= 11 is 0. The fraction of sp³-hybridized carbons (Fsp3) is 0.500. The summed E-state index contributed by atoms with van der Waals surface area (Å²) in [6, 6.07) is 3.72. The maximum absolute atomic E-state index is 12.1. The van der Waals surface area contributed by atoms with Gasteiger partial charge in [-0.15, -0.1) is 0 Å². The smallest absolute Gasteiger partial charge is 0.351 e. The van der Waals surface area contributed by atoms with Gasteiger partial charge in [0.05, 0.1) is 0 Å². The van der Waals surface area contributed by atoms with Gasteiger partial charge in [0.15, 0.2) is 0 Å². The number of nitrogens with one attached hydrogen (secondary N) is 1. The Balaban J connectivity index is 2.11. The first-order valence-electron chi connectivity index (χ1n) is 6.79. The molecule has 2 heterocycles. The maximum atomic E-state index is 12.1. The van der Waals surface area contributed by atoms with Crippen molar-refractivity contribution in [2.45, 2.75) is 32.8 Å². The van der Waals surface area contributed by atoms with E-state index in [-0.39, 0.29) is 6.73 Å². The van der Waals surface area contributed by atoms with Crippen LogP contribution < -0.4 is 5.32 Å². The lowest BCUT2D eigenvalue weighted by Gasteiger charge is -2.08. The third kappa shape index (κ3) is 4.44. The van der Waals surface area contributed by atoms with Crippen molar-refractivity contribution in [2.24, 2.45) is 0 Å². The summed E-state index contributed by atoms with van der Waals surface area (Å²) in [7, 11) is 0. The molecule has 0 spiro atoms. The molecule has 0 radical (unpaired) electrons. The molecule has 2 rings (SSSR count). The number of pyridine rings is 1. The monoisotopic (exact) mass is 301 g/mol. The molecule has 7 heteroatoms. The second-order valence-corrected chi connectivity index (χ2v) is 4.77. The van der Waals surface area contributed by atoms with Gasteiger partial charge in [-0.05, 0) is 30.7 Å². The zero-order valence-electron chi connectivity index (χ0n) is 11.8. The van der Waals surface area contributed by atoms with Crippen LogP contribution in [-0.4, -0.2) is 28.9 Å². The Morgan fingerprint density at radius 2 is 2.19 bits per heavy atom. The zero-order valence-corrected chi connectivity index (χ0v) is 11.8. The van der Waals surface area contributed by atoms with Gasteiger partial charge < -0.3 is 14.6 Å². The van der Waals surface area contributed by atoms with Gasteiger partial charge in [-0.1, -0.05) is 6.92 Å². The van der Waals surface area contributed by atoms with E-state index in [1.165, 1.54) is 0 Å². The number of nitrogens with zero attached hydrogens (tertiary/aromatic N) is 2. The molecule has 0 unspecified atom stereocenters. The molecule has 0 aliphatic rings. The molecule has 2 aromatic rings. The van der Waals surface area contributed by atoms with Gasteiger partial charge in [-0.2, -0.15) is 13.2 Å². The highest BCUT2D eigenvalue weighted by Crippen LogP contribution is 2.20. The number of hydrogen-bond donors (Lipinski definition) is 1. The van der Waals surface area contributed by atoms with Gasteiger partial charge in [0.2, 0.25) is 0 Å². The third-order valence-corrected chi connectivity index (χ3v) is 2.95. The topological polar surface area (TPSA) is 39.1 Å². The number of rotatable bonds is 7. The second kappa shape index (κ2) is 6.91. The average Bonchev–Trinajstić information content (AvgIpc) is 2.77. The predicted octanol–water partition coefficient (Wildman–Crippen LogP) is 3.07. The van der Waals surface area contributed by atoms with Crippen molar-refractivity contribution < 1.29 is 17.9 Å². The van der Waals surface area contributed by atoms with Gasteiger partial charge in [0.1, 0.15) is 19.0 Å². The van der Waals surface area contributed by atoms with E-state index in [0.717, 1.165) is 23.9 Å². The minimum Gasteiger partial charge on any atom is -0.351 e. The first-order chi connectivity index (χ1) is 10.0. The quantitative estimate of drug-likeness (QED) is 0.799. The fourth-order valence-electron chi connectivity index (χ4n) is 2.09. The van der Waals surface area contributed by atoms with E-state index in [4.69, 9.17) is 4.74 Å². The molecule has 1 N–H and O–H groups in total. The van der Waals surface area contributed by atoms with Crippen LogP contribution >= 0.6 is 0 Å². The lowest BCUT2D eigenvalue weighted by Crippen LogP contribution is -2.18. The minimum absolute atomic E-state index is 0.166. The SMILES string of the molecule is CCCNCc1cn(COCC(F)(F)F)c2ncccc12. The Morgan fingerprint density at radius 3 is 2.90 bits per heavy atom. The van der Waals surface area contributed by atoms with E-state index in [1.807, 2.05) is 12.1 Å². The second-order valence-electron chi connectivity index (χ2n) is 4.77. The molecule has 0 fully saturated rings. The van der Waals surface area contributed by atoms with Gasteiger partial charge >= 0.3 is 6.18 Å². The molecular weight excluding hydrogens is 283 g/mol. The standard InChI is InChI=1S/C14H18F3N3O/c1-2-5-18-7-11-8-20(10-21-9-14(15,16)17)13-12(11)4-3-6-19-13/h3-4,6,8,18H,2,5,7,9-10H2,1H3. The summed E-state index contributed by atoms with van der Waals surface area (Å²) in [6.45, 7) is 2.19. The van der Waals surface area contributed by atoms with E-state index < -0.39 is 12.8 Å². The predicted molar refractivity (Wildman–Crippen MR) is 73.7 cm³/mol. The number of alkyl halides is 3. The Kier molecular flexibility index (Phi) is 5.19. The van der Waals surface area contributed by atoms with Crippen LogP contribution in [0.25, 0.3) is 11.0 Å². The number of aromatic nitrogens is 2. The largest absolute Gasteiger partial charge is 0.411 e. The summed E-state index contributed by atoms with van der Waals surface area (Å²) in [5, 5.41) is 4.20. The molecule has 0 atom stereocenters. The van der Waals surface area contributed by atoms with Crippen LogP contribution in [0.3, 0.4) is 0 Å². The highest BCUT2D eigenvalue weighted by molar-refractivity contribution is 5.80. The highest BCUT2D eigenvalue weighted by atomic mass is 19.4. The van der Waals surface area contributed by atoms with E-state index in [2.05, 4.69) is 17.2 Å². The van der Waals surface area contributed by atoms with Gasteiger partial charge in [-0.25, -0.2) is 4.98 Å².